The Kier molecular flexibility index (Phi) is 9.98. The molecule has 4 rings (SSSR count). The van der Waals surface area contributed by atoms with Gasteiger partial charge in [0.05, 0.1) is 23.9 Å². The van der Waals surface area contributed by atoms with Crippen LogP contribution in [-0.2, 0) is 14.3 Å². The first-order chi connectivity index (χ1) is 20.2. The van der Waals surface area contributed by atoms with Crippen LogP contribution in [-0.4, -0.2) is 85.1 Å². The number of fused-ring (bicyclic) bond motifs is 3. The van der Waals surface area contributed by atoms with Crippen LogP contribution >= 0.6 is 0 Å². The molecule has 1 unspecified atom stereocenters. The number of aliphatic hydroxyl groups is 5. The Morgan fingerprint density at radius 2 is 1.68 bits per heavy atom. The largest absolute Gasteiger partial charge is 0.481 e. The van der Waals surface area contributed by atoms with E-state index in [-0.39, 0.29) is 52.9 Å². The number of allylic oxidation sites excluding steroid dienone is 1. The van der Waals surface area contributed by atoms with Gasteiger partial charge in [0, 0.05) is 6.42 Å². The lowest BCUT2D eigenvalue weighted by atomic mass is 9.37. The van der Waals surface area contributed by atoms with E-state index in [1.54, 1.807) is 19.9 Å². The van der Waals surface area contributed by atoms with E-state index in [4.69, 9.17) is 9.47 Å². The van der Waals surface area contributed by atoms with Gasteiger partial charge in [-0.1, -0.05) is 45.1 Å². The van der Waals surface area contributed by atoms with Gasteiger partial charge in [0.25, 0.3) is 0 Å². The van der Waals surface area contributed by atoms with Crippen molar-refractivity contribution < 1.29 is 44.9 Å². The summed E-state index contributed by atoms with van der Waals surface area (Å²) in [6, 6.07) is 0. The van der Waals surface area contributed by atoms with Crippen molar-refractivity contribution >= 4 is 5.97 Å². The summed E-state index contributed by atoms with van der Waals surface area (Å²) < 4.78 is 12.4. The van der Waals surface area contributed by atoms with Gasteiger partial charge in [-0.15, -0.1) is 0 Å². The maximum Gasteiger partial charge on any atom is 0.303 e. The van der Waals surface area contributed by atoms with Gasteiger partial charge >= 0.3 is 5.97 Å². The van der Waals surface area contributed by atoms with Crippen LogP contribution in [0.1, 0.15) is 99.8 Å². The van der Waals surface area contributed by atoms with Gasteiger partial charge < -0.3 is 40.1 Å². The van der Waals surface area contributed by atoms with Crippen LogP contribution in [0.15, 0.2) is 24.3 Å². The lowest BCUT2D eigenvalue weighted by Gasteiger charge is -2.68. The van der Waals surface area contributed by atoms with Crippen molar-refractivity contribution in [3.63, 3.8) is 0 Å². The number of rotatable bonds is 10. The maximum absolute atomic E-state index is 12.0. The van der Waals surface area contributed by atoms with Crippen LogP contribution in [0.4, 0.5) is 0 Å². The highest BCUT2D eigenvalue weighted by atomic mass is 16.7. The lowest BCUT2D eigenvalue weighted by Crippen LogP contribution is -2.65. The fourth-order valence-corrected chi connectivity index (χ4v) is 10.3. The van der Waals surface area contributed by atoms with Gasteiger partial charge in [-0.2, -0.15) is 0 Å². The maximum atomic E-state index is 12.0. The molecule has 4 fully saturated rings. The number of aliphatic hydroxyl groups excluding tert-OH is 3. The molecule has 44 heavy (non-hydrogen) atoms. The molecule has 0 aromatic rings. The Morgan fingerprint density at radius 3 is 2.27 bits per heavy atom. The fourth-order valence-electron chi connectivity index (χ4n) is 10.3. The summed E-state index contributed by atoms with van der Waals surface area (Å²) in [5.74, 6) is -0.914. The third kappa shape index (κ3) is 6.32. The van der Waals surface area contributed by atoms with Crippen LogP contribution in [0.3, 0.4) is 0 Å². The van der Waals surface area contributed by atoms with E-state index >= 15 is 0 Å². The Balaban J connectivity index is 1.79. The molecule has 9 nitrogen and oxygen atoms in total. The van der Waals surface area contributed by atoms with Gasteiger partial charge in [0.1, 0.15) is 18.3 Å². The SMILES string of the molecule is C=C(C)[C@@H]1CC[C@]2(C)C(C[C@@H](O[C@@H]3OC[C@H](O)[C@H](O)[C@H]3O)[C@@H]3[C@@H]([C@@](C)(O)C/C=C/C(C)(C)O)CC[C@]32C)[C@@]1(C)CCC(=O)O. The fraction of sp³-hybridized carbons (Fsp3) is 0.857. The number of carboxylic acids is 1. The van der Waals surface area contributed by atoms with Crippen LogP contribution in [0.2, 0.25) is 0 Å². The predicted octanol–water partition coefficient (Wildman–Crippen LogP) is 4.19. The number of carboxylic acid groups (broad SMARTS) is 1. The third-order valence-corrected chi connectivity index (χ3v) is 12.7. The van der Waals surface area contributed by atoms with Crippen molar-refractivity contribution in [1.29, 1.82) is 0 Å². The van der Waals surface area contributed by atoms with Crippen molar-refractivity contribution in [1.82, 2.24) is 0 Å². The van der Waals surface area contributed by atoms with E-state index < -0.39 is 47.9 Å². The molecule has 252 valence electrons. The standard InChI is InChI=1S/C35H58O9/c1-20(2)21-10-16-33(6)25(32(21,5)15-12-26(37)38)18-24(44-30-29(40)28(39)23(36)19-43-30)27-22(11-17-34(27,33)7)35(8,42)14-9-13-31(3,4)41/h9,13,21-25,27-30,36,39-42H,1,10-12,14-19H2,2-8H3,(H,37,38)/b13-9+/t21-,22-,23-,24+,25?,27-,28-,29+,30-,32-,33+,34+,35-/m0/s1. The zero-order valence-electron chi connectivity index (χ0n) is 27.8. The molecule has 1 saturated heterocycles. The van der Waals surface area contributed by atoms with Crippen molar-refractivity contribution in [2.75, 3.05) is 6.61 Å². The smallest absolute Gasteiger partial charge is 0.303 e. The molecule has 13 atom stereocenters. The van der Waals surface area contributed by atoms with Crippen LogP contribution in [0, 0.1) is 39.9 Å². The highest BCUT2D eigenvalue weighted by Crippen LogP contribution is 2.74. The summed E-state index contributed by atoms with van der Waals surface area (Å²) in [6.07, 6.45) is 2.80. The topological polar surface area (TPSA) is 157 Å². The van der Waals surface area contributed by atoms with E-state index in [1.165, 1.54) is 0 Å². The highest BCUT2D eigenvalue weighted by molar-refractivity contribution is 5.66. The molecule has 0 bridgehead atoms. The van der Waals surface area contributed by atoms with Crippen LogP contribution in [0.5, 0.6) is 0 Å². The van der Waals surface area contributed by atoms with Gasteiger partial charge in [-0.3, -0.25) is 4.79 Å². The van der Waals surface area contributed by atoms with Crippen LogP contribution in [0.25, 0.3) is 0 Å². The second-order valence-corrected chi connectivity index (χ2v) is 16.2. The second-order valence-electron chi connectivity index (χ2n) is 16.2. The normalized spacial score (nSPS) is 45.9. The number of ether oxygens (including phenoxy) is 2. The minimum atomic E-state index is -1.44. The molecular weight excluding hydrogens is 564 g/mol. The Labute approximate surface area is 263 Å². The molecular formula is C35H58O9. The zero-order chi connectivity index (χ0) is 33.0. The number of hydrogen-bond acceptors (Lipinski definition) is 8. The Hall–Kier alpha value is -1.33. The average Bonchev–Trinajstić information content (AvgIpc) is 3.28. The summed E-state index contributed by atoms with van der Waals surface area (Å²) in [5.41, 5.74) is -1.91. The zero-order valence-corrected chi connectivity index (χ0v) is 27.8. The monoisotopic (exact) mass is 622 g/mol. The van der Waals surface area contributed by atoms with Crippen molar-refractivity contribution in [2.24, 2.45) is 39.9 Å². The number of carbonyl (C=O) groups is 1. The lowest BCUT2D eigenvalue weighted by molar-refractivity contribution is -0.312. The molecule has 0 radical (unpaired) electrons. The van der Waals surface area contributed by atoms with Crippen molar-refractivity contribution in [3.8, 4) is 0 Å². The molecule has 0 aromatic carbocycles. The summed E-state index contributed by atoms with van der Waals surface area (Å²) in [7, 11) is 0. The summed E-state index contributed by atoms with van der Waals surface area (Å²) in [6.45, 7) is 18.3. The molecule has 3 aliphatic carbocycles. The first-order valence-electron chi connectivity index (χ1n) is 16.5. The summed E-state index contributed by atoms with van der Waals surface area (Å²) in [4.78, 5) is 11.9. The molecule has 3 saturated carbocycles. The molecule has 0 amide bonds. The van der Waals surface area contributed by atoms with Crippen molar-refractivity contribution in [3.05, 3.63) is 24.3 Å². The average molecular weight is 623 g/mol. The van der Waals surface area contributed by atoms with Gasteiger partial charge in [0.15, 0.2) is 6.29 Å². The first-order valence-corrected chi connectivity index (χ1v) is 16.5. The van der Waals surface area contributed by atoms with Gasteiger partial charge in [0.2, 0.25) is 0 Å². The Bertz CT molecular complexity index is 1100. The molecule has 4 aliphatic rings. The minimum Gasteiger partial charge on any atom is -0.481 e. The number of aliphatic carboxylic acids is 1. The molecule has 6 N–H and O–H groups in total. The second kappa shape index (κ2) is 12.4. The Morgan fingerprint density at radius 1 is 1.05 bits per heavy atom. The van der Waals surface area contributed by atoms with E-state index in [0.29, 0.717) is 19.3 Å². The van der Waals surface area contributed by atoms with Crippen LogP contribution < -0.4 is 0 Å². The van der Waals surface area contributed by atoms with E-state index in [1.807, 2.05) is 19.9 Å². The predicted molar refractivity (Wildman–Crippen MR) is 166 cm³/mol. The highest BCUT2D eigenvalue weighted by Gasteiger charge is 2.70. The van der Waals surface area contributed by atoms with E-state index in [9.17, 15) is 35.4 Å². The molecule has 9 heteroatoms. The van der Waals surface area contributed by atoms with E-state index in [2.05, 4.69) is 27.4 Å². The summed E-state index contributed by atoms with van der Waals surface area (Å²) >= 11 is 0. The van der Waals surface area contributed by atoms with Gasteiger partial charge in [-0.25, -0.2) is 0 Å². The number of hydrogen-bond donors (Lipinski definition) is 6. The van der Waals surface area contributed by atoms with Gasteiger partial charge in [-0.05, 0) is 113 Å². The third-order valence-electron chi connectivity index (χ3n) is 12.7. The first kappa shape index (κ1) is 35.5. The molecule has 0 aromatic heterocycles. The summed E-state index contributed by atoms with van der Waals surface area (Å²) in [5, 5.41) is 63.5. The molecule has 0 spiro atoms. The molecule has 1 heterocycles. The van der Waals surface area contributed by atoms with Crippen molar-refractivity contribution in [2.45, 2.75) is 142 Å². The minimum absolute atomic E-state index is 0.0535. The molecule has 1 aliphatic heterocycles. The van der Waals surface area contributed by atoms with E-state index in [0.717, 1.165) is 31.3 Å². The quantitative estimate of drug-likeness (QED) is 0.155.